The molecule has 2 aromatic rings. The molecule has 0 amide bonds. The quantitative estimate of drug-likeness (QED) is 0.753. The maximum absolute atomic E-state index is 5.44. The lowest BCUT2D eigenvalue weighted by molar-refractivity contribution is 0.405. The van der Waals surface area contributed by atoms with Crippen LogP contribution in [0.1, 0.15) is 11.1 Å². The van der Waals surface area contributed by atoms with Crippen LogP contribution in [0.15, 0.2) is 45.3 Å². The summed E-state index contributed by atoms with van der Waals surface area (Å²) in [5.74, 6) is 1.73. The van der Waals surface area contributed by atoms with Gasteiger partial charge in [0.25, 0.3) is 0 Å². The number of benzene rings is 2. The van der Waals surface area contributed by atoms with Gasteiger partial charge in [-0.25, -0.2) is 0 Å². The SMILES string of the molecule is COc1ccc(CNCc2cc(Br)cc(Br)c2OC)cc1. The van der Waals surface area contributed by atoms with Crippen LogP contribution in [-0.4, -0.2) is 14.2 Å². The highest BCUT2D eigenvalue weighted by atomic mass is 79.9. The van der Waals surface area contributed by atoms with Gasteiger partial charge in [-0.1, -0.05) is 28.1 Å². The topological polar surface area (TPSA) is 30.5 Å². The van der Waals surface area contributed by atoms with E-state index in [4.69, 9.17) is 9.47 Å². The normalized spacial score (nSPS) is 10.5. The Kier molecular flexibility index (Phi) is 6.08. The summed E-state index contributed by atoms with van der Waals surface area (Å²) in [4.78, 5) is 0. The van der Waals surface area contributed by atoms with Gasteiger partial charge in [0.05, 0.1) is 18.7 Å². The predicted octanol–water partition coefficient (Wildman–Crippen LogP) is 4.52. The molecule has 0 bridgehead atoms. The minimum atomic E-state index is 0.729. The summed E-state index contributed by atoms with van der Waals surface area (Å²) in [5.41, 5.74) is 2.32. The van der Waals surface area contributed by atoms with Gasteiger partial charge in [0.15, 0.2) is 0 Å². The molecule has 0 spiro atoms. The molecule has 3 nitrogen and oxygen atoms in total. The minimum Gasteiger partial charge on any atom is -0.497 e. The zero-order valence-electron chi connectivity index (χ0n) is 12.0. The van der Waals surface area contributed by atoms with Crippen LogP contribution >= 0.6 is 31.9 Å². The van der Waals surface area contributed by atoms with E-state index in [-0.39, 0.29) is 0 Å². The average Bonchev–Trinajstić information content (AvgIpc) is 2.47. The summed E-state index contributed by atoms with van der Waals surface area (Å²) in [6.07, 6.45) is 0. The predicted molar refractivity (Wildman–Crippen MR) is 91.9 cm³/mol. The molecule has 0 atom stereocenters. The monoisotopic (exact) mass is 413 g/mol. The van der Waals surface area contributed by atoms with E-state index < -0.39 is 0 Å². The van der Waals surface area contributed by atoms with Gasteiger partial charge in [-0.2, -0.15) is 0 Å². The van der Waals surface area contributed by atoms with E-state index >= 15 is 0 Å². The lowest BCUT2D eigenvalue weighted by atomic mass is 10.2. The first kappa shape index (κ1) is 16.3. The Morgan fingerprint density at radius 2 is 1.67 bits per heavy atom. The van der Waals surface area contributed by atoms with E-state index in [9.17, 15) is 0 Å². The van der Waals surface area contributed by atoms with Crippen LogP contribution in [0, 0.1) is 0 Å². The number of halogens is 2. The molecular formula is C16H17Br2NO2. The van der Waals surface area contributed by atoms with Crippen molar-refractivity contribution in [2.75, 3.05) is 14.2 Å². The number of nitrogens with one attached hydrogen (secondary N) is 1. The third-order valence-corrected chi connectivity index (χ3v) is 4.14. The molecule has 0 saturated carbocycles. The molecule has 0 radical (unpaired) electrons. The van der Waals surface area contributed by atoms with Crippen molar-refractivity contribution < 1.29 is 9.47 Å². The molecule has 21 heavy (non-hydrogen) atoms. The Bertz CT molecular complexity index is 600. The number of hydrogen-bond donors (Lipinski definition) is 1. The first-order valence-corrected chi connectivity index (χ1v) is 8.08. The van der Waals surface area contributed by atoms with Gasteiger partial charge in [0, 0.05) is 23.1 Å². The van der Waals surface area contributed by atoms with E-state index in [1.807, 2.05) is 18.2 Å². The summed E-state index contributed by atoms with van der Waals surface area (Å²) in [6.45, 7) is 1.52. The Hall–Kier alpha value is -1.04. The summed E-state index contributed by atoms with van der Waals surface area (Å²) >= 11 is 7.02. The van der Waals surface area contributed by atoms with Crippen LogP contribution in [0.3, 0.4) is 0 Å². The molecule has 0 aliphatic heterocycles. The van der Waals surface area contributed by atoms with E-state index in [0.717, 1.165) is 39.1 Å². The smallest absolute Gasteiger partial charge is 0.137 e. The summed E-state index contributed by atoms with van der Waals surface area (Å²) in [7, 11) is 3.35. The van der Waals surface area contributed by atoms with E-state index in [1.165, 1.54) is 5.56 Å². The second-order valence-electron chi connectivity index (χ2n) is 4.53. The van der Waals surface area contributed by atoms with Crippen LogP contribution in [0.4, 0.5) is 0 Å². The summed E-state index contributed by atoms with van der Waals surface area (Å²) in [6, 6.07) is 12.1. The van der Waals surface area contributed by atoms with Crippen LogP contribution in [0.2, 0.25) is 0 Å². The van der Waals surface area contributed by atoms with Crippen molar-refractivity contribution in [2.24, 2.45) is 0 Å². The number of ether oxygens (including phenoxy) is 2. The van der Waals surface area contributed by atoms with Crippen LogP contribution < -0.4 is 14.8 Å². The molecule has 0 fully saturated rings. The first-order chi connectivity index (χ1) is 10.1. The number of methoxy groups -OCH3 is 2. The zero-order valence-corrected chi connectivity index (χ0v) is 15.1. The molecule has 0 aromatic heterocycles. The number of rotatable bonds is 6. The van der Waals surface area contributed by atoms with Gasteiger partial charge >= 0.3 is 0 Å². The third kappa shape index (κ3) is 4.46. The van der Waals surface area contributed by atoms with E-state index in [0.29, 0.717) is 0 Å². The fourth-order valence-electron chi connectivity index (χ4n) is 2.06. The molecule has 2 rings (SSSR count). The van der Waals surface area contributed by atoms with Crippen molar-refractivity contribution in [3.8, 4) is 11.5 Å². The van der Waals surface area contributed by atoms with Gasteiger partial charge in [0.2, 0.25) is 0 Å². The molecule has 1 N–H and O–H groups in total. The van der Waals surface area contributed by atoms with Crippen LogP contribution in [0.25, 0.3) is 0 Å². The molecule has 112 valence electrons. The van der Waals surface area contributed by atoms with Crippen molar-refractivity contribution in [1.29, 1.82) is 0 Å². The molecule has 0 aliphatic carbocycles. The molecule has 0 heterocycles. The standard InChI is InChI=1S/C16H17Br2NO2/c1-20-14-5-3-11(4-6-14)9-19-10-12-7-13(17)8-15(18)16(12)21-2/h3-8,19H,9-10H2,1-2H3. The van der Waals surface area contributed by atoms with E-state index in [1.54, 1.807) is 14.2 Å². The number of hydrogen-bond acceptors (Lipinski definition) is 3. The zero-order chi connectivity index (χ0) is 15.2. The Morgan fingerprint density at radius 3 is 2.29 bits per heavy atom. The maximum atomic E-state index is 5.44. The van der Waals surface area contributed by atoms with Crippen molar-refractivity contribution >= 4 is 31.9 Å². The average molecular weight is 415 g/mol. The molecule has 5 heteroatoms. The second kappa shape index (κ2) is 7.82. The molecule has 2 aromatic carbocycles. The van der Waals surface area contributed by atoms with Crippen molar-refractivity contribution in [3.05, 3.63) is 56.5 Å². The summed E-state index contributed by atoms with van der Waals surface area (Å²) < 4.78 is 12.6. The molecular weight excluding hydrogens is 398 g/mol. The van der Waals surface area contributed by atoms with Crippen LogP contribution in [-0.2, 0) is 13.1 Å². The Balaban J connectivity index is 1.99. The van der Waals surface area contributed by atoms with Gasteiger partial charge in [-0.15, -0.1) is 0 Å². The highest BCUT2D eigenvalue weighted by Crippen LogP contribution is 2.32. The fraction of sp³-hybridized carbons (Fsp3) is 0.250. The summed E-state index contributed by atoms with van der Waals surface area (Å²) in [5, 5.41) is 3.42. The molecule has 0 aliphatic rings. The molecule has 0 saturated heterocycles. The Morgan fingerprint density at radius 1 is 0.952 bits per heavy atom. The Labute approximate surface area is 141 Å². The van der Waals surface area contributed by atoms with E-state index in [2.05, 4.69) is 55.4 Å². The largest absolute Gasteiger partial charge is 0.497 e. The maximum Gasteiger partial charge on any atom is 0.137 e. The lowest BCUT2D eigenvalue weighted by Crippen LogP contribution is -2.13. The first-order valence-electron chi connectivity index (χ1n) is 6.49. The minimum absolute atomic E-state index is 0.729. The van der Waals surface area contributed by atoms with Gasteiger partial charge < -0.3 is 14.8 Å². The van der Waals surface area contributed by atoms with Crippen molar-refractivity contribution in [1.82, 2.24) is 5.32 Å². The highest BCUT2D eigenvalue weighted by Gasteiger charge is 2.08. The van der Waals surface area contributed by atoms with Crippen molar-refractivity contribution in [3.63, 3.8) is 0 Å². The molecule has 0 unspecified atom stereocenters. The highest BCUT2D eigenvalue weighted by molar-refractivity contribution is 9.11. The van der Waals surface area contributed by atoms with Gasteiger partial charge in [0.1, 0.15) is 11.5 Å². The van der Waals surface area contributed by atoms with Gasteiger partial charge in [-0.05, 0) is 45.8 Å². The van der Waals surface area contributed by atoms with Gasteiger partial charge in [-0.3, -0.25) is 0 Å². The van der Waals surface area contributed by atoms with Crippen LogP contribution in [0.5, 0.6) is 11.5 Å². The second-order valence-corrected chi connectivity index (χ2v) is 6.30. The third-order valence-electron chi connectivity index (χ3n) is 3.09. The van der Waals surface area contributed by atoms with Crippen molar-refractivity contribution in [2.45, 2.75) is 13.1 Å². The lowest BCUT2D eigenvalue weighted by Gasteiger charge is -2.12. The fourth-order valence-corrected chi connectivity index (χ4v) is 3.53.